The Morgan fingerprint density at radius 1 is 1.53 bits per heavy atom. The van der Waals surface area contributed by atoms with Crippen LogP contribution in [0, 0.1) is 5.92 Å². The number of nitrogens with one attached hydrogen (secondary N) is 1. The number of nitrogens with zero attached hydrogens (tertiary/aromatic N) is 1. The second kappa shape index (κ2) is 7.35. The van der Waals surface area contributed by atoms with Crippen LogP contribution in [0.1, 0.15) is 30.6 Å². The number of rotatable bonds is 7. The van der Waals surface area contributed by atoms with Crippen molar-refractivity contribution in [1.29, 1.82) is 0 Å². The zero-order valence-corrected chi connectivity index (χ0v) is 11.0. The van der Waals surface area contributed by atoms with Crippen LogP contribution in [0.15, 0.2) is 18.3 Å². The summed E-state index contributed by atoms with van der Waals surface area (Å²) in [5.41, 5.74) is 0.354. The summed E-state index contributed by atoms with van der Waals surface area (Å²) in [6.45, 7) is 4.30. The van der Waals surface area contributed by atoms with Crippen molar-refractivity contribution >= 4 is 11.9 Å². The largest absolute Gasteiger partial charge is 0.481 e. The van der Waals surface area contributed by atoms with Gasteiger partial charge in [-0.15, -0.1) is 0 Å². The summed E-state index contributed by atoms with van der Waals surface area (Å²) in [5.74, 6) is -1.03. The Kier molecular flexibility index (Phi) is 5.78. The fourth-order valence-electron chi connectivity index (χ4n) is 1.55. The summed E-state index contributed by atoms with van der Waals surface area (Å²) in [5, 5.41) is 11.3. The van der Waals surface area contributed by atoms with Crippen LogP contribution in [0.25, 0.3) is 0 Å². The molecule has 0 unspecified atom stereocenters. The Bertz CT molecular complexity index is 448. The van der Waals surface area contributed by atoms with Crippen LogP contribution >= 0.6 is 0 Å². The van der Waals surface area contributed by atoms with E-state index >= 15 is 0 Å². The SMILES string of the molecule is CCOc1ncccc1C(=O)NC[C@H](C)CC(=O)O. The molecule has 1 rings (SSSR count). The van der Waals surface area contributed by atoms with E-state index in [1.807, 2.05) is 6.92 Å². The van der Waals surface area contributed by atoms with Crippen molar-refractivity contribution in [2.24, 2.45) is 5.92 Å². The number of aromatic nitrogens is 1. The molecule has 104 valence electrons. The van der Waals surface area contributed by atoms with Crippen LogP contribution < -0.4 is 10.1 Å². The molecular weight excluding hydrogens is 248 g/mol. The van der Waals surface area contributed by atoms with E-state index in [1.54, 1.807) is 25.3 Å². The molecular formula is C13H18N2O4. The van der Waals surface area contributed by atoms with Gasteiger partial charge in [-0.3, -0.25) is 9.59 Å². The molecule has 19 heavy (non-hydrogen) atoms. The minimum Gasteiger partial charge on any atom is -0.481 e. The Hall–Kier alpha value is -2.11. The first kappa shape index (κ1) is 14.9. The minimum atomic E-state index is -0.877. The van der Waals surface area contributed by atoms with E-state index in [0.29, 0.717) is 18.7 Å². The predicted molar refractivity (Wildman–Crippen MR) is 69.2 cm³/mol. The molecule has 0 spiro atoms. The number of carboxylic acids is 1. The van der Waals surface area contributed by atoms with Gasteiger partial charge in [-0.1, -0.05) is 6.92 Å². The summed E-state index contributed by atoms with van der Waals surface area (Å²) in [4.78, 5) is 26.5. The highest BCUT2D eigenvalue weighted by atomic mass is 16.5. The van der Waals surface area contributed by atoms with Gasteiger partial charge in [0.15, 0.2) is 0 Å². The highest BCUT2D eigenvalue weighted by Gasteiger charge is 2.14. The van der Waals surface area contributed by atoms with Crippen LogP contribution in [0.4, 0.5) is 0 Å². The summed E-state index contributed by atoms with van der Waals surface area (Å²) in [6, 6.07) is 3.27. The monoisotopic (exact) mass is 266 g/mol. The van der Waals surface area contributed by atoms with E-state index in [-0.39, 0.29) is 24.1 Å². The molecule has 0 bridgehead atoms. The maximum atomic E-state index is 12.0. The van der Waals surface area contributed by atoms with E-state index in [0.717, 1.165) is 0 Å². The Balaban J connectivity index is 2.60. The third-order valence-corrected chi connectivity index (χ3v) is 2.43. The molecule has 1 atom stereocenters. The van der Waals surface area contributed by atoms with Crippen LogP contribution in [0.3, 0.4) is 0 Å². The smallest absolute Gasteiger partial charge is 0.303 e. The second-order valence-electron chi connectivity index (χ2n) is 4.20. The molecule has 0 aromatic carbocycles. The fourth-order valence-corrected chi connectivity index (χ4v) is 1.55. The molecule has 6 heteroatoms. The zero-order valence-electron chi connectivity index (χ0n) is 11.0. The normalized spacial score (nSPS) is 11.7. The molecule has 0 aliphatic heterocycles. The van der Waals surface area contributed by atoms with E-state index in [9.17, 15) is 9.59 Å². The number of pyridine rings is 1. The molecule has 0 saturated heterocycles. The fraction of sp³-hybridized carbons (Fsp3) is 0.462. The Morgan fingerprint density at radius 2 is 2.26 bits per heavy atom. The quantitative estimate of drug-likeness (QED) is 0.777. The number of carbonyl (C=O) groups is 2. The topological polar surface area (TPSA) is 88.5 Å². The highest BCUT2D eigenvalue weighted by molar-refractivity contribution is 5.96. The van der Waals surface area contributed by atoms with Gasteiger partial charge in [-0.25, -0.2) is 4.98 Å². The molecule has 0 aliphatic rings. The molecule has 2 N–H and O–H groups in total. The van der Waals surface area contributed by atoms with Crippen molar-refractivity contribution in [3.05, 3.63) is 23.9 Å². The van der Waals surface area contributed by atoms with E-state index in [4.69, 9.17) is 9.84 Å². The van der Waals surface area contributed by atoms with Crippen molar-refractivity contribution in [3.63, 3.8) is 0 Å². The van der Waals surface area contributed by atoms with Crippen molar-refractivity contribution in [3.8, 4) is 5.88 Å². The first-order chi connectivity index (χ1) is 9.04. The number of carbonyl (C=O) groups excluding carboxylic acids is 1. The van der Waals surface area contributed by atoms with Gasteiger partial charge in [-0.05, 0) is 25.0 Å². The minimum absolute atomic E-state index is 0.0195. The van der Waals surface area contributed by atoms with Crippen molar-refractivity contribution < 1.29 is 19.4 Å². The lowest BCUT2D eigenvalue weighted by atomic mass is 10.1. The molecule has 1 aromatic heterocycles. The third-order valence-electron chi connectivity index (χ3n) is 2.43. The average molecular weight is 266 g/mol. The molecule has 0 fully saturated rings. The summed E-state index contributed by atoms with van der Waals surface area (Å²) < 4.78 is 5.26. The molecule has 1 amide bonds. The zero-order chi connectivity index (χ0) is 14.3. The lowest BCUT2D eigenvalue weighted by Gasteiger charge is -2.12. The summed E-state index contributed by atoms with van der Waals surface area (Å²) in [6.07, 6.45) is 1.57. The Labute approximate surface area is 111 Å². The van der Waals surface area contributed by atoms with Gasteiger partial charge in [0.2, 0.25) is 5.88 Å². The molecule has 0 radical (unpaired) electrons. The Morgan fingerprint density at radius 3 is 2.89 bits per heavy atom. The van der Waals surface area contributed by atoms with Gasteiger partial charge >= 0.3 is 5.97 Å². The molecule has 1 aromatic rings. The number of ether oxygens (including phenoxy) is 1. The standard InChI is InChI=1S/C13H18N2O4/c1-3-19-13-10(5-4-6-14-13)12(18)15-8-9(2)7-11(16)17/h4-6,9H,3,7-8H2,1-2H3,(H,15,18)(H,16,17)/t9-/m1/s1. The van der Waals surface area contributed by atoms with Crippen LogP contribution in [-0.2, 0) is 4.79 Å². The van der Waals surface area contributed by atoms with Crippen LogP contribution in [0.2, 0.25) is 0 Å². The predicted octanol–water partition coefficient (Wildman–Crippen LogP) is 1.32. The van der Waals surface area contributed by atoms with Crippen molar-refractivity contribution in [1.82, 2.24) is 10.3 Å². The van der Waals surface area contributed by atoms with Gasteiger partial charge < -0.3 is 15.2 Å². The van der Waals surface area contributed by atoms with Crippen LogP contribution in [-0.4, -0.2) is 35.1 Å². The molecule has 0 saturated carbocycles. The molecule has 1 heterocycles. The number of hydrogen-bond acceptors (Lipinski definition) is 4. The summed E-state index contributed by atoms with van der Waals surface area (Å²) in [7, 11) is 0. The number of hydrogen-bond donors (Lipinski definition) is 2. The molecule has 0 aliphatic carbocycles. The second-order valence-corrected chi connectivity index (χ2v) is 4.20. The van der Waals surface area contributed by atoms with Crippen LogP contribution in [0.5, 0.6) is 5.88 Å². The maximum absolute atomic E-state index is 12.0. The lowest BCUT2D eigenvalue weighted by molar-refractivity contribution is -0.137. The summed E-state index contributed by atoms with van der Waals surface area (Å²) >= 11 is 0. The third kappa shape index (κ3) is 4.95. The maximum Gasteiger partial charge on any atom is 0.303 e. The first-order valence-electron chi connectivity index (χ1n) is 6.12. The van der Waals surface area contributed by atoms with E-state index < -0.39 is 5.97 Å². The highest BCUT2D eigenvalue weighted by Crippen LogP contribution is 2.14. The lowest BCUT2D eigenvalue weighted by Crippen LogP contribution is -2.29. The van der Waals surface area contributed by atoms with E-state index in [1.165, 1.54) is 0 Å². The number of aliphatic carboxylic acids is 1. The number of carboxylic acid groups (broad SMARTS) is 1. The number of amides is 1. The van der Waals surface area contributed by atoms with Gasteiger partial charge in [0.05, 0.1) is 6.61 Å². The molecule has 6 nitrogen and oxygen atoms in total. The van der Waals surface area contributed by atoms with Crippen molar-refractivity contribution in [2.75, 3.05) is 13.2 Å². The van der Waals surface area contributed by atoms with Gasteiger partial charge in [0, 0.05) is 19.2 Å². The first-order valence-corrected chi connectivity index (χ1v) is 6.12. The van der Waals surface area contributed by atoms with Gasteiger partial charge in [0.25, 0.3) is 5.91 Å². The average Bonchev–Trinajstić information content (AvgIpc) is 2.36. The van der Waals surface area contributed by atoms with Crippen molar-refractivity contribution in [2.45, 2.75) is 20.3 Å². The van der Waals surface area contributed by atoms with E-state index in [2.05, 4.69) is 10.3 Å². The van der Waals surface area contributed by atoms with Gasteiger partial charge in [-0.2, -0.15) is 0 Å². The van der Waals surface area contributed by atoms with Gasteiger partial charge in [0.1, 0.15) is 5.56 Å².